The molecule has 1 heterocycles. The summed E-state index contributed by atoms with van der Waals surface area (Å²) in [6, 6.07) is 5.14. The molecule has 1 saturated heterocycles. The lowest BCUT2D eigenvalue weighted by atomic mass is 10.1. The Morgan fingerprint density at radius 2 is 2.10 bits per heavy atom. The van der Waals surface area contributed by atoms with Crippen LogP contribution in [0.5, 0.6) is 5.75 Å². The molecule has 110 valence electrons. The molecule has 1 aliphatic rings. The summed E-state index contributed by atoms with van der Waals surface area (Å²) in [5.41, 5.74) is 6.77. The smallest absolute Gasteiger partial charge is 0.341 e. The summed E-state index contributed by atoms with van der Waals surface area (Å²) in [5, 5.41) is 0. The van der Waals surface area contributed by atoms with Gasteiger partial charge in [-0.15, -0.1) is 0 Å². The van der Waals surface area contributed by atoms with Crippen LogP contribution in [0.1, 0.15) is 30.1 Å². The Labute approximate surface area is 119 Å². The van der Waals surface area contributed by atoms with E-state index in [1.807, 2.05) is 0 Å². The third-order valence-electron chi connectivity index (χ3n) is 3.39. The number of nitrogen functional groups attached to an aromatic ring is 1. The topological polar surface area (TPSA) is 64.8 Å². The van der Waals surface area contributed by atoms with Crippen LogP contribution >= 0.6 is 0 Å². The highest BCUT2D eigenvalue weighted by atomic mass is 16.5. The number of hydrogen-bond acceptors (Lipinski definition) is 5. The molecule has 5 nitrogen and oxygen atoms in total. The van der Waals surface area contributed by atoms with E-state index in [0.717, 1.165) is 19.6 Å². The first-order valence-corrected chi connectivity index (χ1v) is 7.13. The summed E-state index contributed by atoms with van der Waals surface area (Å²) >= 11 is 0. The molecule has 0 radical (unpaired) electrons. The second-order valence-electron chi connectivity index (χ2n) is 4.84. The van der Waals surface area contributed by atoms with Crippen molar-refractivity contribution in [3.8, 4) is 5.75 Å². The molecule has 1 aromatic carbocycles. The Morgan fingerprint density at radius 3 is 2.80 bits per heavy atom. The van der Waals surface area contributed by atoms with Crippen molar-refractivity contribution >= 4 is 11.7 Å². The molecule has 0 atom stereocenters. The molecule has 2 N–H and O–H groups in total. The lowest BCUT2D eigenvalue weighted by molar-refractivity contribution is 0.0521. The van der Waals surface area contributed by atoms with E-state index in [0.29, 0.717) is 30.2 Å². The Kier molecular flexibility index (Phi) is 5.24. The standard InChI is InChI=1S/C15H22N2O3/c1-2-19-15(18)12-6-5-7-13(16)14(12)20-11-10-17-8-3-4-9-17/h5-7H,2-4,8-11,16H2,1H3. The lowest BCUT2D eigenvalue weighted by Crippen LogP contribution is -2.25. The van der Waals surface area contributed by atoms with E-state index in [2.05, 4.69) is 4.90 Å². The zero-order valence-corrected chi connectivity index (χ0v) is 11.9. The van der Waals surface area contributed by atoms with Crippen molar-refractivity contribution in [1.82, 2.24) is 4.90 Å². The highest BCUT2D eigenvalue weighted by molar-refractivity contribution is 5.94. The van der Waals surface area contributed by atoms with Crippen molar-refractivity contribution in [3.05, 3.63) is 23.8 Å². The highest BCUT2D eigenvalue weighted by Crippen LogP contribution is 2.27. The lowest BCUT2D eigenvalue weighted by Gasteiger charge is -2.17. The molecule has 0 unspecified atom stereocenters. The summed E-state index contributed by atoms with van der Waals surface area (Å²) in [4.78, 5) is 14.2. The van der Waals surface area contributed by atoms with Crippen molar-refractivity contribution in [3.63, 3.8) is 0 Å². The monoisotopic (exact) mass is 278 g/mol. The molecule has 0 bridgehead atoms. The first kappa shape index (κ1) is 14.7. The molecule has 2 rings (SSSR count). The fourth-order valence-corrected chi connectivity index (χ4v) is 2.37. The summed E-state index contributed by atoms with van der Waals surface area (Å²) < 4.78 is 10.7. The van der Waals surface area contributed by atoms with Gasteiger partial charge in [0.25, 0.3) is 0 Å². The number of nitrogens with two attached hydrogens (primary N) is 1. The van der Waals surface area contributed by atoms with Crippen LogP contribution in [0.4, 0.5) is 5.69 Å². The van der Waals surface area contributed by atoms with Gasteiger partial charge in [0, 0.05) is 6.54 Å². The zero-order chi connectivity index (χ0) is 14.4. The number of likely N-dealkylation sites (tertiary alicyclic amines) is 1. The molecular formula is C15H22N2O3. The predicted octanol–water partition coefficient (Wildman–Crippen LogP) is 1.92. The van der Waals surface area contributed by atoms with Crippen molar-refractivity contribution < 1.29 is 14.3 Å². The Balaban J connectivity index is 1.99. The first-order chi connectivity index (χ1) is 9.72. The van der Waals surface area contributed by atoms with Crippen LogP contribution in [0.3, 0.4) is 0 Å². The number of benzene rings is 1. The number of esters is 1. The van der Waals surface area contributed by atoms with Crippen molar-refractivity contribution in [1.29, 1.82) is 0 Å². The Bertz CT molecular complexity index is 456. The largest absolute Gasteiger partial charge is 0.489 e. The Hall–Kier alpha value is -1.75. The average molecular weight is 278 g/mol. The molecule has 1 aliphatic heterocycles. The number of ether oxygens (including phenoxy) is 2. The fraction of sp³-hybridized carbons (Fsp3) is 0.533. The molecule has 0 aliphatic carbocycles. The van der Waals surface area contributed by atoms with Gasteiger partial charge in [-0.3, -0.25) is 4.90 Å². The maximum absolute atomic E-state index is 11.9. The molecule has 0 amide bonds. The van der Waals surface area contributed by atoms with E-state index in [9.17, 15) is 4.79 Å². The van der Waals surface area contributed by atoms with E-state index in [-0.39, 0.29) is 0 Å². The molecule has 1 aromatic rings. The quantitative estimate of drug-likeness (QED) is 0.636. The average Bonchev–Trinajstić information content (AvgIpc) is 2.94. The van der Waals surface area contributed by atoms with Gasteiger partial charge in [-0.25, -0.2) is 4.79 Å². The third-order valence-corrected chi connectivity index (χ3v) is 3.39. The van der Waals surface area contributed by atoms with Crippen molar-refractivity contribution in [2.24, 2.45) is 0 Å². The summed E-state index contributed by atoms with van der Waals surface area (Å²) in [5.74, 6) is 0.0427. The van der Waals surface area contributed by atoms with Crippen LogP contribution in [0.2, 0.25) is 0 Å². The van der Waals surface area contributed by atoms with E-state index < -0.39 is 5.97 Å². The summed E-state index contributed by atoms with van der Waals surface area (Å²) in [7, 11) is 0. The number of anilines is 1. The number of hydrogen-bond donors (Lipinski definition) is 1. The number of rotatable bonds is 6. The first-order valence-electron chi connectivity index (χ1n) is 7.13. The predicted molar refractivity (Wildman–Crippen MR) is 78.0 cm³/mol. The molecular weight excluding hydrogens is 256 g/mol. The van der Waals surface area contributed by atoms with E-state index in [1.165, 1.54) is 12.8 Å². The zero-order valence-electron chi connectivity index (χ0n) is 11.9. The van der Waals surface area contributed by atoms with E-state index >= 15 is 0 Å². The normalized spacial score (nSPS) is 15.2. The Morgan fingerprint density at radius 1 is 1.35 bits per heavy atom. The maximum Gasteiger partial charge on any atom is 0.341 e. The second kappa shape index (κ2) is 7.14. The van der Waals surface area contributed by atoms with Crippen LogP contribution < -0.4 is 10.5 Å². The van der Waals surface area contributed by atoms with Gasteiger partial charge in [-0.1, -0.05) is 6.07 Å². The minimum atomic E-state index is -0.393. The third kappa shape index (κ3) is 3.63. The fourth-order valence-electron chi connectivity index (χ4n) is 2.37. The highest BCUT2D eigenvalue weighted by Gasteiger charge is 2.17. The van der Waals surface area contributed by atoms with Gasteiger partial charge in [0.1, 0.15) is 12.2 Å². The van der Waals surface area contributed by atoms with Crippen LogP contribution in [-0.2, 0) is 4.74 Å². The van der Waals surface area contributed by atoms with Gasteiger partial charge < -0.3 is 15.2 Å². The van der Waals surface area contributed by atoms with Crippen molar-refractivity contribution in [2.45, 2.75) is 19.8 Å². The molecule has 20 heavy (non-hydrogen) atoms. The van der Waals surface area contributed by atoms with Crippen LogP contribution in [0.15, 0.2) is 18.2 Å². The maximum atomic E-state index is 11.9. The van der Waals surface area contributed by atoms with Crippen molar-refractivity contribution in [2.75, 3.05) is 38.6 Å². The van der Waals surface area contributed by atoms with Crippen LogP contribution in [-0.4, -0.2) is 43.7 Å². The SMILES string of the molecule is CCOC(=O)c1cccc(N)c1OCCN1CCCC1. The van der Waals surface area contributed by atoms with Gasteiger partial charge in [0.05, 0.1) is 12.3 Å². The minimum Gasteiger partial charge on any atom is -0.489 e. The molecule has 0 saturated carbocycles. The number of carbonyl (C=O) groups excluding carboxylic acids is 1. The number of carbonyl (C=O) groups is 1. The second-order valence-corrected chi connectivity index (χ2v) is 4.84. The summed E-state index contributed by atoms with van der Waals surface area (Å²) in [6.45, 7) is 5.74. The molecule has 0 aromatic heterocycles. The van der Waals surface area contributed by atoms with Gasteiger partial charge in [-0.05, 0) is 45.0 Å². The molecule has 5 heteroatoms. The van der Waals surface area contributed by atoms with E-state index in [4.69, 9.17) is 15.2 Å². The molecule has 1 fully saturated rings. The minimum absolute atomic E-state index is 0.334. The van der Waals surface area contributed by atoms with Gasteiger partial charge in [-0.2, -0.15) is 0 Å². The number of para-hydroxylation sites is 1. The van der Waals surface area contributed by atoms with E-state index in [1.54, 1.807) is 25.1 Å². The van der Waals surface area contributed by atoms with Gasteiger partial charge in [0.15, 0.2) is 5.75 Å². The molecule has 0 spiro atoms. The van der Waals surface area contributed by atoms with Gasteiger partial charge >= 0.3 is 5.97 Å². The van der Waals surface area contributed by atoms with Crippen LogP contribution in [0, 0.1) is 0 Å². The number of nitrogens with zero attached hydrogens (tertiary/aromatic N) is 1. The summed E-state index contributed by atoms with van der Waals surface area (Å²) in [6.07, 6.45) is 2.50. The van der Waals surface area contributed by atoms with Gasteiger partial charge in [0.2, 0.25) is 0 Å². The van der Waals surface area contributed by atoms with Crippen LogP contribution in [0.25, 0.3) is 0 Å².